The van der Waals surface area contributed by atoms with E-state index in [1.807, 2.05) is 37.6 Å². The van der Waals surface area contributed by atoms with Gasteiger partial charge >= 0.3 is 0 Å². The second kappa shape index (κ2) is 6.39. The smallest absolute Gasteiger partial charge is 0.0538 e. The van der Waals surface area contributed by atoms with Crippen LogP contribution in [0.15, 0.2) is 36.7 Å². The van der Waals surface area contributed by atoms with E-state index in [0.717, 1.165) is 10.6 Å². The molecule has 0 aliphatic carbocycles. The highest BCUT2D eigenvalue weighted by Gasteiger charge is 2.22. The average Bonchev–Trinajstić information content (AvgIpc) is 2.85. The predicted molar refractivity (Wildman–Crippen MR) is 82.6 cm³/mol. The summed E-state index contributed by atoms with van der Waals surface area (Å²) in [5.74, 6) is 0. The first kappa shape index (κ1) is 15.0. The quantitative estimate of drug-likeness (QED) is 0.922. The minimum absolute atomic E-state index is 0.137. The number of benzene rings is 1. The van der Waals surface area contributed by atoms with Gasteiger partial charge in [0.25, 0.3) is 0 Å². The van der Waals surface area contributed by atoms with Gasteiger partial charge in [0.15, 0.2) is 0 Å². The maximum atomic E-state index is 6.07. The number of hydrogen-bond donors (Lipinski definition) is 1. The summed E-state index contributed by atoms with van der Waals surface area (Å²) in [5, 5.41) is 4.99. The van der Waals surface area contributed by atoms with Crippen molar-refractivity contribution in [1.82, 2.24) is 14.7 Å². The Kier molecular flexibility index (Phi) is 4.81. The van der Waals surface area contributed by atoms with E-state index in [2.05, 4.69) is 30.0 Å². The highest BCUT2D eigenvalue weighted by atomic mass is 35.5. The van der Waals surface area contributed by atoms with Crippen molar-refractivity contribution in [3.05, 3.63) is 52.8 Å². The van der Waals surface area contributed by atoms with Crippen LogP contribution >= 0.6 is 11.6 Å². The Hall–Kier alpha value is -1.36. The van der Waals surface area contributed by atoms with E-state index < -0.39 is 0 Å². The molecule has 1 aromatic carbocycles. The number of nitrogens with two attached hydrogens (primary N) is 1. The van der Waals surface area contributed by atoms with Gasteiger partial charge in [0.2, 0.25) is 0 Å². The Balaban J connectivity index is 2.22. The van der Waals surface area contributed by atoms with E-state index in [1.165, 1.54) is 5.56 Å². The van der Waals surface area contributed by atoms with Gasteiger partial charge in [-0.25, -0.2) is 0 Å². The number of halogens is 1. The van der Waals surface area contributed by atoms with Crippen LogP contribution in [0.5, 0.6) is 0 Å². The molecule has 0 radical (unpaired) electrons. The minimum Gasteiger partial charge on any atom is -0.329 e. The summed E-state index contributed by atoms with van der Waals surface area (Å²) in [6.45, 7) is 2.71. The lowest BCUT2D eigenvalue weighted by Crippen LogP contribution is -2.32. The zero-order valence-corrected chi connectivity index (χ0v) is 12.9. The number of nitrogens with zero attached hydrogens (tertiary/aromatic N) is 3. The Labute approximate surface area is 125 Å². The van der Waals surface area contributed by atoms with Crippen molar-refractivity contribution < 1.29 is 0 Å². The number of aromatic nitrogens is 2. The molecule has 5 heteroatoms. The fourth-order valence-corrected chi connectivity index (χ4v) is 2.62. The Morgan fingerprint density at radius 2 is 2.15 bits per heavy atom. The molecule has 0 saturated heterocycles. The first-order valence-corrected chi connectivity index (χ1v) is 7.06. The van der Waals surface area contributed by atoms with Gasteiger partial charge in [-0.15, -0.1) is 0 Å². The molecule has 2 unspecified atom stereocenters. The van der Waals surface area contributed by atoms with Gasteiger partial charge in [0.1, 0.15) is 0 Å². The van der Waals surface area contributed by atoms with E-state index in [9.17, 15) is 0 Å². The van der Waals surface area contributed by atoms with Crippen LogP contribution in [0.25, 0.3) is 0 Å². The molecule has 2 N–H and O–H groups in total. The van der Waals surface area contributed by atoms with Gasteiger partial charge < -0.3 is 5.73 Å². The van der Waals surface area contributed by atoms with E-state index in [4.69, 9.17) is 17.3 Å². The summed E-state index contributed by atoms with van der Waals surface area (Å²) >= 11 is 6.07. The zero-order chi connectivity index (χ0) is 14.7. The number of aryl methyl sites for hydroxylation is 1. The molecule has 1 aromatic heterocycles. The molecule has 1 heterocycles. The van der Waals surface area contributed by atoms with E-state index in [1.54, 1.807) is 4.68 Å². The van der Waals surface area contributed by atoms with Crippen molar-refractivity contribution in [2.24, 2.45) is 12.8 Å². The van der Waals surface area contributed by atoms with Crippen molar-refractivity contribution in [2.75, 3.05) is 13.6 Å². The van der Waals surface area contributed by atoms with Crippen LogP contribution in [0.4, 0.5) is 0 Å². The number of hydrogen-bond acceptors (Lipinski definition) is 3. The molecule has 20 heavy (non-hydrogen) atoms. The van der Waals surface area contributed by atoms with Crippen LogP contribution < -0.4 is 5.73 Å². The van der Waals surface area contributed by atoms with Crippen molar-refractivity contribution in [1.29, 1.82) is 0 Å². The fraction of sp³-hybridized carbons (Fsp3) is 0.400. The lowest BCUT2D eigenvalue weighted by atomic mass is 10.0. The highest BCUT2D eigenvalue weighted by Crippen LogP contribution is 2.29. The van der Waals surface area contributed by atoms with E-state index in [-0.39, 0.29) is 12.1 Å². The van der Waals surface area contributed by atoms with Crippen molar-refractivity contribution in [3.63, 3.8) is 0 Å². The van der Waals surface area contributed by atoms with Crippen LogP contribution in [0.1, 0.15) is 30.1 Å². The molecule has 0 aliphatic rings. The molecule has 0 spiro atoms. The van der Waals surface area contributed by atoms with Gasteiger partial charge in [-0.3, -0.25) is 9.58 Å². The average molecular weight is 293 g/mol. The van der Waals surface area contributed by atoms with Crippen LogP contribution in [-0.2, 0) is 7.05 Å². The predicted octanol–water partition coefficient (Wildman–Crippen LogP) is 2.77. The van der Waals surface area contributed by atoms with Crippen molar-refractivity contribution in [2.45, 2.75) is 19.0 Å². The zero-order valence-electron chi connectivity index (χ0n) is 12.1. The first-order valence-electron chi connectivity index (χ1n) is 6.69. The van der Waals surface area contributed by atoms with Gasteiger partial charge in [-0.1, -0.05) is 23.7 Å². The summed E-state index contributed by atoms with van der Waals surface area (Å²) in [7, 11) is 3.99. The van der Waals surface area contributed by atoms with E-state index in [0.29, 0.717) is 6.54 Å². The molecule has 2 rings (SSSR count). The summed E-state index contributed by atoms with van der Waals surface area (Å²) < 4.78 is 1.80. The molecule has 0 saturated carbocycles. The van der Waals surface area contributed by atoms with Crippen LogP contribution in [0.3, 0.4) is 0 Å². The van der Waals surface area contributed by atoms with Gasteiger partial charge in [-0.2, -0.15) is 5.10 Å². The molecule has 108 valence electrons. The van der Waals surface area contributed by atoms with Crippen molar-refractivity contribution >= 4 is 11.6 Å². The van der Waals surface area contributed by atoms with Gasteiger partial charge in [-0.05, 0) is 31.7 Å². The molecule has 4 nitrogen and oxygen atoms in total. The standard InChI is InChI=1S/C15H21ClN4/c1-11(12-5-4-6-14(16)7-12)20(3)15(8-17)13-9-18-19(2)10-13/h4-7,9-11,15H,8,17H2,1-3H3. The monoisotopic (exact) mass is 292 g/mol. The van der Waals surface area contributed by atoms with E-state index >= 15 is 0 Å². The SMILES string of the molecule is CC(c1cccc(Cl)c1)N(C)C(CN)c1cnn(C)c1. The molecule has 0 amide bonds. The molecule has 2 atom stereocenters. The molecule has 0 aliphatic heterocycles. The lowest BCUT2D eigenvalue weighted by Gasteiger charge is -2.32. The van der Waals surface area contributed by atoms with Crippen LogP contribution in [-0.4, -0.2) is 28.3 Å². The summed E-state index contributed by atoms with van der Waals surface area (Å²) in [6.07, 6.45) is 3.89. The van der Waals surface area contributed by atoms with Crippen LogP contribution in [0, 0.1) is 0 Å². The first-order chi connectivity index (χ1) is 9.52. The third-order valence-corrected chi connectivity index (χ3v) is 4.00. The maximum Gasteiger partial charge on any atom is 0.0538 e. The van der Waals surface area contributed by atoms with Gasteiger partial charge in [0, 0.05) is 36.4 Å². The maximum absolute atomic E-state index is 6.07. The summed E-state index contributed by atoms with van der Waals surface area (Å²) in [4.78, 5) is 2.25. The fourth-order valence-electron chi connectivity index (χ4n) is 2.42. The topological polar surface area (TPSA) is 47.1 Å². The number of likely N-dealkylation sites (N-methyl/N-ethyl adjacent to an activating group) is 1. The molecular weight excluding hydrogens is 272 g/mol. The third-order valence-electron chi connectivity index (χ3n) is 3.77. The molecule has 2 aromatic rings. The molecular formula is C15H21ClN4. The minimum atomic E-state index is 0.137. The lowest BCUT2D eigenvalue weighted by molar-refractivity contribution is 0.190. The molecule has 0 bridgehead atoms. The summed E-state index contributed by atoms with van der Waals surface area (Å²) in [6, 6.07) is 8.31. The second-order valence-electron chi connectivity index (χ2n) is 5.10. The molecule has 0 fully saturated rings. The highest BCUT2D eigenvalue weighted by molar-refractivity contribution is 6.30. The Bertz CT molecular complexity index is 567. The Morgan fingerprint density at radius 1 is 1.40 bits per heavy atom. The van der Waals surface area contributed by atoms with Gasteiger partial charge in [0.05, 0.1) is 12.2 Å². The Morgan fingerprint density at radius 3 is 2.70 bits per heavy atom. The normalized spacial score (nSPS) is 14.5. The number of rotatable bonds is 5. The third kappa shape index (κ3) is 3.20. The summed E-state index contributed by atoms with van der Waals surface area (Å²) in [5.41, 5.74) is 8.27. The largest absolute Gasteiger partial charge is 0.329 e. The van der Waals surface area contributed by atoms with Crippen molar-refractivity contribution in [3.8, 4) is 0 Å². The van der Waals surface area contributed by atoms with Crippen LogP contribution in [0.2, 0.25) is 5.02 Å². The second-order valence-corrected chi connectivity index (χ2v) is 5.53.